The Hall–Kier alpha value is -3.55. The van der Waals surface area contributed by atoms with Crippen molar-refractivity contribution in [3.8, 4) is 11.5 Å². The van der Waals surface area contributed by atoms with Crippen LogP contribution < -0.4 is 14.2 Å². The molecule has 0 spiro atoms. The van der Waals surface area contributed by atoms with E-state index in [0.29, 0.717) is 36.1 Å². The largest absolute Gasteiger partial charge is 0.490 e. The number of hydrogen-bond acceptors (Lipinski definition) is 5. The van der Waals surface area contributed by atoms with Crippen molar-refractivity contribution in [1.29, 1.82) is 0 Å². The van der Waals surface area contributed by atoms with Crippen LogP contribution in [0.15, 0.2) is 88.7 Å². The Balaban J connectivity index is 1.58. The van der Waals surface area contributed by atoms with Gasteiger partial charge in [-0.3, -0.25) is 0 Å². The van der Waals surface area contributed by atoms with Crippen LogP contribution in [0.1, 0.15) is 29.3 Å². The number of ether oxygens (including phenoxy) is 2. The number of hydrogen-bond donors (Lipinski definition) is 1. The molecule has 1 aliphatic heterocycles. The molecule has 1 aromatic heterocycles. The molecule has 0 aliphatic carbocycles. The predicted octanol–water partition coefficient (Wildman–Crippen LogP) is 5.31. The maximum atomic E-state index is 13.5. The Labute approximate surface area is 192 Å². The van der Waals surface area contributed by atoms with E-state index in [1.54, 1.807) is 12.1 Å². The van der Waals surface area contributed by atoms with Gasteiger partial charge in [-0.2, -0.15) is 4.72 Å². The van der Waals surface area contributed by atoms with E-state index in [1.807, 2.05) is 54.6 Å². The maximum Gasteiger partial charge on any atom is 0.241 e. The topological polar surface area (TPSA) is 77.8 Å². The number of fused-ring (bicyclic) bond motifs is 2. The lowest BCUT2D eigenvalue weighted by Gasteiger charge is -2.20. The highest BCUT2D eigenvalue weighted by Crippen LogP contribution is 2.35. The lowest BCUT2D eigenvalue weighted by Crippen LogP contribution is -2.29. The van der Waals surface area contributed by atoms with Gasteiger partial charge in [0.1, 0.15) is 17.4 Å². The highest BCUT2D eigenvalue weighted by molar-refractivity contribution is 7.89. The van der Waals surface area contributed by atoms with E-state index in [1.165, 1.54) is 12.1 Å². The molecule has 1 unspecified atom stereocenters. The SMILES string of the molecule is C=Cc1ccccc1C(NS(=O)(=O)c1ccc2c(c1)OCCCO2)c1cc2ccccc2o1. The fraction of sp³-hybridized carbons (Fsp3) is 0.154. The fourth-order valence-electron chi connectivity index (χ4n) is 3.91. The van der Waals surface area contributed by atoms with Crippen LogP contribution in [0.5, 0.6) is 11.5 Å². The van der Waals surface area contributed by atoms with Crippen molar-refractivity contribution in [1.82, 2.24) is 4.72 Å². The highest BCUT2D eigenvalue weighted by atomic mass is 32.2. The van der Waals surface area contributed by atoms with E-state index in [2.05, 4.69) is 11.3 Å². The van der Waals surface area contributed by atoms with Gasteiger partial charge < -0.3 is 13.9 Å². The minimum absolute atomic E-state index is 0.0870. The van der Waals surface area contributed by atoms with Crippen LogP contribution in [0.25, 0.3) is 17.0 Å². The summed E-state index contributed by atoms with van der Waals surface area (Å²) < 4.78 is 47.2. The molecule has 0 saturated carbocycles. The molecule has 1 aliphatic rings. The van der Waals surface area contributed by atoms with Crippen LogP contribution in [0.4, 0.5) is 0 Å². The zero-order chi connectivity index (χ0) is 22.8. The first-order chi connectivity index (χ1) is 16.0. The minimum atomic E-state index is -3.94. The second kappa shape index (κ2) is 8.77. The predicted molar refractivity (Wildman–Crippen MR) is 127 cm³/mol. The van der Waals surface area contributed by atoms with Gasteiger partial charge in [-0.1, -0.05) is 55.1 Å². The lowest BCUT2D eigenvalue weighted by atomic mass is 9.99. The first kappa shape index (κ1) is 21.3. The van der Waals surface area contributed by atoms with Crippen LogP contribution in [-0.4, -0.2) is 21.6 Å². The van der Waals surface area contributed by atoms with Gasteiger partial charge in [-0.05, 0) is 35.4 Å². The van der Waals surface area contributed by atoms with Gasteiger partial charge >= 0.3 is 0 Å². The first-order valence-corrected chi connectivity index (χ1v) is 12.2. The summed E-state index contributed by atoms with van der Waals surface area (Å²) in [5.74, 6) is 1.45. The Kier molecular flexibility index (Phi) is 5.66. The Morgan fingerprint density at radius 2 is 1.67 bits per heavy atom. The van der Waals surface area contributed by atoms with Crippen molar-refractivity contribution < 1.29 is 22.3 Å². The number of nitrogens with one attached hydrogen (secondary N) is 1. The number of benzene rings is 3. The van der Waals surface area contributed by atoms with Crippen molar-refractivity contribution in [2.75, 3.05) is 13.2 Å². The third-order valence-corrected chi connectivity index (χ3v) is 6.98. The molecule has 5 rings (SSSR count). The molecule has 0 fully saturated rings. The van der Waals surface area contributed by atoms with Crippen LogP contribution in [0, 0.1) is 0 Å². The van der Waals surface area contributed by atoms with Gasteiger partial charge in [0.25, 0.3) is 0 Å². The van der Waals surface area contributed by atoms with E-state index >= 15 is 0 Å². The Bertz CT molecular complexity index is 1390. The molecule has 4 aromatic rings. The molecule has 1 N–H and O–H groups in total. The third-order valence-electron chi connectivity index (χ3n) is 5.56. The molecule has 2 heterocycles. The Morgan fingerprint density at radius 1 is 0.909 bits per heavy atom. The number of furan rings is 1. The second-order valence-corrected chi connectivity index (χ2v) is 9.45. The van der Waals surface area contributed by atoms with Crippen LogP contribution >= 0.6 is 0 Å². The van der Waals surface area contributed by atoms with Crippen molar-refractivity contribution >= 4 is 27.1 Å². The molecule has 0 bridgehead atoms. The van der Waals surface area contributed by atoms with E-state index in [0.717, 1.165) is 22.9 Å². The molecule has 0 amide bonds. The normalized spacial score (nSPS) is 14.5. The average molecular weight is 462 g/mol. The lowest BCUT2D eigenvalue weighted by molar-refractivity contribution is 0.297. The molecule has 0 saturated heterocycles. The van der Waals surface area contributed by atoms with Crippen molar-refractivity contribution in [3.63, 3.8) is 0 Å². The van der Waals surface area contributed by atoms with E-state index in [-0.39, 0.29) is 4.90 Å². The zero-order valence-corrected chi connectivity index (χ0v) is 18.7. The molecule has 7 heteroatoms. The van der Waals surface area contributed by atoms with Crippen LogP contribution in [0.3, 0.4) is 0 Å². The van der Waals surface area contributed by atoms with Crippen LogP contribution in [0.2, 0.25) is 0 Å². The monoisotopic (exact) mass is 461 g/mol. The fourth-order valence-corrected chi connectivity index (χ4v) is 5.11. The standard InChI is InChI=1S/C26H23NO5S/c1-2-18-8-3-5-10-21(18)26(25-16-19-9-4-6-11-22(19)32-25)27-33(28,29)20-12-13-23-24(17-20)31-15-7-14-30-23/h2-6,8-13,16-17,26-27H,1,7,14-15H2. The summed E-state index contributed by atoms with van der Waals surface area (Å²) in [5.41, 5.74) is 2.23. The quantitative estimate of drug-likeness (QED) is 0.421. The van der Waals surface area contributed by atoms with Crippen LogP contribution in [-0.2, 0) is 10.0 Å². The molecule has 3 aromatic carbocycles. The molecule has 6 nitrogen and oxygen atoms in total. The third kappa shape index (κ3) is 4.25. The van der Waals surface area contributed by atoms with Crippen molar-refractivity contribution in [2.24, 2.45) is 0 Å². The van der Waals surface area contributed by atoms with Gasteiger partial charge in [0, 0.05) is 17.9 Å². The summed E-state index contributed by atoms with van der Waals surface area (Å²) in [4.78, 5) is 0.0870. The van der Waals surface area contributed by atoms with E-state index in [4.69, 9.17) is 13.9 Å². The molecule has 168 valence electrons. The summed E-state index contributed by atoms with van der Waals surface area (Å²) in [6, 6.07) is 20.8. The molecule has 33 heavy (non-hydrogen) atoms. The highest BCUT2D eigenvalue weighted by Gasteiger charge is 2.28. The smallest absolute Gasteiger partial charge is 0.241 e. The molecular weight excluding hydrogens is 438 g/mol. The molecular formula is C26H23NO5S. The van der Waals surface area contributed by atoms with Gasteiger partial charge in [0.15, 0.2) is 11.5 Å². The number of para-hydroxylation sites is 1. The van der Waals surface area contributed by atoms with Crippen molar-refractivity contribution in [3.05, 3.63) is 96.3 Å². The molecule has 0 radical (unpaired) electrons. The first-order valence-electron chi connectivity index (χ1n) is 10.7. The average Bonchev–Trinajstić information content (AvgIpc) is 3.12. The summed E-state index contributed by atoms with van der Waals surface area (Å²) in [6.07, 6.45) is 2.44. The zero-order valence-electron chi connectivity index (χ0n) is 17.9. The van der Waals surface area contributed by atoms with Gasteiger partial charge in [0.2, 0.25) is 10.0 Å². The van der Waals surface area contributed by atoms with Crippen molar-refractivity contribution in [2.45, 2.75) is 17.4 Å². The Morgan fingerprint density at radius 3 is 2.48 bits per heavy atom. The summed E-state index contributed by atoms with van der Waals surface area (Å²) in [7, 11) is -3.94. The van der Waals surface area contributed by atoms with Gasteiger partial charge in [0.05, 0.1) is 18.1 Å². The molecule has 1 atom stereocenters. The maximum absolute atomic E-state index is 13.5. The number of sulfonamides is 1. The minimum Gasteiger partial charge on any atom is -0.490 e. The number of rotatable bonds is 6. The van der Waals surface area contributed by atoms with Gasteiger partial charge in [-0.15, -0.1) is 0 Å². The second-order valence-electron chi connectivity index (χ2n) is 7.73. The van der Waals surface area contributed by atoms with E-state index in [9.17, 15) is 8.42 Å². The van der Waals surface area contributed by atoms with Gasteiger partial charge in [-0.25, -0.2) is 8.42 Å². The summed E-state index contributed by atoms with van der Waals surface area (Å²) in [6.45, 7) is 4.89. The summed E-state index contributed by atoms with van der Waals surface area (Å²) in [5, 5.41) is 0.892. The van der Waals surface area contributed by atoms with E-state index < -0.39 is 16.1 Å². The summed E-state index contributed by atoms with van der Waals surface area (Å²) >= 11 is 0.